The molecular formula is C42H25NOS. The lowest BCUT2D eigenvalue weighted by molar-refractivity contribution is 0.669. The Morgan fingerprint density at radius 3 is 1.87 bits per heavy atom. The average molecular weight is 592 g/mol. The lowest BCUT2D eigenvalue weighted by Crippen LogP contribution is -1.93. The van der Waals surface area contributed by atoms with E-state index >= 15 is 0 Å². The van der Waals surface area contributed by atoms with Gasteiger partial charge in [0, 0.05) is 47.4 Å². The highest BCUT2D eigenvalue weighted by atomic mass is 32.1. The normalized spacial score (nSPS) is 12.0. The van der Waals surface area contributed by atoms with E-state index in [0.717, 1.165) is 11.2 Å². The van der Waals surface area contributed by atoms with Crippen LogP contribution in [0.4, 0.5) is 0 Å². The van der Waals surface area contributed by atoms with E-state index in [-0.39, 0.29) is 0 Å². The molecule has 10 rings (SSSR count). The minimum atomic E-state index is 0.939. The quantitative estimate of drug-likeness (QED) is 0.200. The van der Waals surface area contributed by atoms with Crippen molar-refractivity contribution in [3.63, 3.8) is 0 Å². The second-order valence-corrected chi connectivity index (χ2v) is 12.7. The highest BCUT2D eigenvalue weighted by Gasteiger charge is 2.17. The zero-order chi connectivity index (χ0) is 29.5. The lowest BCUT2D eigenvalue weighted by atomic mass is 9.97. The molecule has 210 valence electrons. The number of hydrogen-bond acceptors (Lipinski definition) is 2. The fourth-order valence-electron chi connectivity index (χ4n) is 7.16. The molecule has 0 aliphatic carbocycles. The monoisotopic (exact) mass is 591 g/mol. The number of rotatable bonds is 3. The van der Waals surface area contributed by atoms with Crippen LogP contribution in [0.2, 0.25) is 0 Å². The molecule has 0 fully saturated rings. The molecule has 3 heterocycles. The molecular weight excluding hydrogens is 567 g/mol. The van der Waals surface area contributed by atoms with Crippen LogP contribution in [0.15, 0.2) is 156 Å². The fraction of sp³-hybridized carbons (Fsp3) is 0. The van der Waals surface area contributed by atoms with E-state index in [9.17, 15) is 0 Å². The van der Waals surface area contributed by atoms with Crippen molar-refractivity contribution in [2.45, 2.75) is 0 Å². The summed E-state index contributed by atoms with van der Waals surface area (Å²) in [5.41, 5.74) is 10.4. The van der Waals surface area contributed by atoms with Gasteiger partial charge in [0.2, 0.25) is 0 Å². The highest BCUT2D eigenvalue weighted by Crippen LogP contribution is 2.45. The first-order valence-corrected chi connectivity index (χ1v) is 16.1. The molecule has 3 aromatic heterocycles. The molecule has 10 aromatic rings. The van der Waals surface area contributed by atoms with E-state index < -0.39 is 0 Å². The third kappa shape index (κ3) is 3.62. The topological polar surface area (TPSA) is 18.1 Å². The summed E-state index contributed by atoms with van der Waals surface area (Å²) in [6.07, 6.45) is 0. The molecule has 0 amide bonds. The Morgan fingerprint density at radius 2 is 1.07 bits per heavy atom. The van der Waals surface area contributed by atoms with E-state index in [0.29, 0.717) is 0 Å². The lowest BCUT2D eigenvalue weighted by Gasteiger charge is -2.10. The van der Waals surface area contributed by atoms with Gasteiger partial charge in [-0.1, -0.05) is 103 Å². The van der Waals surface area contributed by atoms with Crippen LogP contribution >= 0.6 is 11.3 Å². The van der Waals surface area contributed by atoms with Crippen LogP contribution in [0.1, 0.15) is 0 Å². The molecule has 0 saturated carbocycles. The van der Waals surface area contributed by atoms with Crippen molar-refractivity contribution in [1.82, 2.24) is 4.57 Å². The molecule has 3 heteroatoms. The fourth-order valence-corrected chi connectivity index (χ4v) is 8.55. The number of para-hydroxylation sites is 3. The molecule has 0 spiro atoms. The Hall–Kier alpha value is -5.64. The molecule has 0 atom stereocenters. The number of fused-ring (bicyclic) bond motifs is 10. The first kappa shape index (κ1) is 24.8. The van der Waals surface area contributed by atoms with Gasteiger partial charge in [0.05, 0.1) is 11.0 Å². The summed E-state index contributed by atoms with van der Waals surface area (Å²) in [6, 6.07) is 54.7. The third-order valence-electron chi connectivity index (χ3n) is 9.22. The number of aromatic nitrogens is 1. The largest absolute Gasteiger partial charge is 0.456 e. The van der Waals surface area contributed by atoms with E-state index in [1.807, 2.05) is 17.4 Å². The minimum absolute atomic E-state index is 0.939. The molecule has 7 aromatic carbocycles. The first-order valence-electron chi connectivity index (χ1n) is 15.3. The molecule has 2 nitrogen and oxygen atoms in total. The zero-order valence-electron chi connectivity index (χ0n) is 24.2. The Morgan fingerprint density at radius 1 is 0.422 bits per heavy atom. The van der Waals surface area contributed by atoms with E-state index in [1.165, 1.54) is 80.7 Å². The maximum Gasteiger partial charge on any atom is 0.136 e. The summed E-state index contributed by atoms with van der Waals surface area (Å²) >= 11 is 1.87. The van der Waals surface area contributed by atoms with Crippen molar-refractivity contribution in [2.75, 3.05) is 0 Å². The van der Waals surface area contributed by atoms with Gasteiger partial charge >= 0.3 is 0 Å². The number of thiophene rings is 1. The Labute approximate surface area is 263 Å². The minimum Gasteiger partial charge on any atom is -0.456 e. The first-order chi connectivity index (χ1) is 22.3. The van der Waals surface area contributed by atoms with E-state index in [1.54, 1.807) is 0 Å². The predicted octanol–water partition coefficient (Wildman–Crippen LogP) is 12.4. The molecule has 0 radical (unpaired) electrons. The van der Waals surface area contributed by atoms with Gasteiger partial charge in [-0.05, 0) is 70.8 Å². The maximum atomic E-state index is 6.22. The van der Waals surface area contributed by atoms with Crippen LogP contribution < -0.4 is 0 Å². The van der Waals surface area contributed by atoms with E-state index in [4.69, 9.17) is 4.42 Å². The number of furan rings is 1. The van der Waals surface area contributed by atoms with Gasteiger partial charge in [-0.15, -0.1) is 11.3 Å². The van der Waals surface area contributed by atoms with Crippen molar-refractivity contribution < 1.29 is 4.42 Å². The molecule has 0 N–H and O–H groups in total. The van der Waals surface area contributed by atoms with E-state index in [2.05, 4.69) is 150 Å². The molecule has 45 heavy (non-hydrogen) atoms. The average Bonchev–Trinajstić information content (AvgIpc) is 3.78. The van der Waals surface area contributed by atoms with Crippen molar-refractivity contribution in [1.29, 1.82) is 0 Å². The summed E-state index contributed by atoms with van der Waals surface area (Å²) in [5.74, 6) is 0. The molecule has 0 saturated heterocycles. The maximum absolute atomic E-state index is 6.22. The van der Waals surface area contributed by atoms with Crippen molar-refractivity contribution in [2.24, 2.45) is 0 Å². The third-order valence-corrected chi connectivity index (χ3v) is 10.5. The Bertz CT molecular complexity index is 2700. The smallest absolute Gasteiger partial charge is 0.136 e. The van der Waals surface area contributed by atoms with Crippen LogP contribution in [-0.4, -0.2) is 4.57 Å². The predicted molar refractivity (Wildman–Crippen MR) is 192 cm³/mol. The second-order valence-electron chi connectivity index (χ2n) is 11.7. The summed E-state index contributed by atoms with van der Waals surface area (Å²) in [5, 5.41) is 7.53. The second kappa shape index (κ2) is 9.43. The van der Waals surface area contributed by atoms with Gasteiger partial charge in [0.1, 0.15) is 11.2 Å². The van der Waals surface area contributed by atoms with Gasteiger partial charge in [-0.25, -0.2) is 0 Å². The molecule has 0 aliphatic rings. The zero-order valence-corrected chi connectivity index (χ0v) is 25.0. The number of benzene rings is 7. The van der Waals surface area contributed by atoms with Gasteiger partial charge in [0.25, 0.3) is 0 Å². The Kier molecular flexibility index (Phi) is 5.19. The highest BCUT2D eigenvalue weighted by molar-refractivity contribution is 7.27. The summed E-state index contributed by atoms with van der Waals surface area (Å²) < 4.78 is 11.2. The molecule has 0 unspecified atom stereocenters. The van der Waals surface area contributed by atoms with Crippen LogP contribution in [0.25, 0.3) is 91.9 Å². The Balaban J connectivity index is 1.09. The van der Waals surface area contributed by atoms with Crippen LogP contribution in [-0.2, 0) is 0 Å². The van der Waals surface area contributed by atoms with Crippen LogP contribution in [0, 0.1) is 0 Å². The van der Waals surface area contributed by atoms with Crippen molar-refractivity contribution in [3.05, 3.63) is 152 Å². The summed E-state index contributed by atoms with van der Waals surface area (Å²) in [7, 11) is 0. The van der Waals surface area contributed by atoms with Gasteiger partial charge in [0.15, 0.2) is 0 Å². The molecule has 0 aliphatic heterocycles. The standard InChI is InChI=1S/C42H25NOS/c1-4-16-36-31(11-1)32-12-2-5-17-37(32)43(36)29-21-19-26(20-22-29)27-9-7-10-28(25-27)30-14-8-15-33-34-23-24-39-40(42(34)45-41(30)33)35-13-3-6-18-38(35)44-39/h1-25H. The summed E-state index contributed by atoms with van der Waals surface area (Å²) in [4.78, 5) is 0. The SMILES string of the molecule is c1cc(-c2ccc(-n3c4ccccc4c4ccccc43)cc2)cc(-c2cccc3c2sc2c3ccc3oc4ccccc4c32)c1. The van der Waals surface area contributed by atoms with Crippen molar-refractivity contribution in [3.8, 4) is 27.9 Å². The van der Waals surface area contributed by atoms with Crippen LogP contribution in [0.5, 0.6) is 0 Å². The van der Waals surface area contributed by atoms with Gasteiger partial charge in [-0.3, -0.25) is 0 Å². The van der Waals surface area contributed by atoms with Gasteiger partial charge < -0.3 is 8.98 Å². The molecule has 0 bridgehead atoms. The van der Waals surface area contributed by atoms with Gasteiger partial charge in [-0.2, -0.15) is 0 Å². The summed E-state index contributed by atoms with van der Waals surface area (Å²) in [6.45, 7) is 0. The van der Waals surface area contributed by atoms with Crippen LogP contribution in [0.3, 0.4) is 0 Å². The number of nitrogens with zero attached hydrogens (tertiary/aromatic N) is 1. The number of hydrogen-bond donors (Lipinski definition) is 0. The van der Waals surface area contributed by atoms with Crippen molar-refractivity contribution >= 4 is 75.3 Å².